The molecule has 0 heterocycles. The highest BCUT2D eigenvalue weighted by atomic mass is 19.1. The van der Waals surface area contributed by atoms with Crippen molar-refractivity contribution in [2.24, 2.45) is 17.6 Å². The largest absolute Gasteiger partial charge is 0.353 e. The van der Waals surface area contributed by atoms with Crippen molar-refractivity contribution in [3.8, 4) is 0 Å². The van der Waals surface area contributed by atoms with Gasteiger partial charge in [-0.3, -0.25) is 9.59 Å². The van der Waals surface area contributed by atoms with Crippen molar-refractivity contribution in [2.75, 3.05) is 0 Å². The van der Waals surface area contributed by atoms with Gasteiger partial charge < -0.3 is 11.1 Å². The Bertz CT molecular complexity index is 651. The lowest BCUT2D eigenvalue weighted by atomic mass is 9.67. The van der Waals surface area contributed by atoms with Crippen LogP contribution < -0.4 is 11.1 Å². The van der Waals surface area contributed by atoms with E-state index in [-0.39, 0.29) is 36.4 Å². The first-order valence-electron chi connectivity index (χ1n) is 8.97. The van der Waals surface area contributed by atoms with Crippen LogP contribution in [0.5, 0.6) is 0 Å². The van der Waals surface area contributed by atoms with E-state index in [4.69, 9.17) is 5.73 Å². The van der Waals surface area contributed by atoms with Crippen LogP contribution in [0.15, 0.2) is 18.2 Å². The van der Waals surface area contributed by atoms with Gasteiger partial charge in [0.25, 0.3) is 0 Å². The van der Waals surface area contributed by atoms with Gasteiger partial charge in [-0.25, -0.2) is 8.78 Å². The van der Waals surface area contributed by atoms with Crippen LogP contribution in [0, 0.1) is 23.5 Å². The highest BCUT2D eigenvalue weighted by molar-refractivity contribution is 5.98. The number of ketones is 1. The van der Waals surface area contributed by atoms with Gasteiger partial charge in [0.05, 0.1) is 5.56 Å². The van der Waals surface area contributed by atoms with E-state index in [1.54, 1.807) is 0 Å². The molecule has 6 heteroatoms. The van der Waals surface area contributed by atoms with Crippen molar-refractivity contribution in [1.82, 2.24) is 5.32 Å². The first kappa shape index (κ1) is 18.0. The summed E-state index contributed by atoms with van der Waals surface area (Å²) in [4.78, 5) is 24.3. The Labute approximate surface area is 146 Å². The molecule has 0 spiro atoms. The van der Waals surface area contributed by atoms with Crippen LogP contribution in [0.2, 0.25) is 0 Å². The van der Waals surface area contributed by atoms with Gasteiger partial charge in [0.2, 0.25) is 5.91 Å². The zero-order valence-electron chi connectivity index (χ0n) is 14.1. The molecule has 1 aromatic carbocycles. The Balaban J connectivity index is 1.53. The third-order valence-corrected chi connectivity index (χ3v) is 5.51. The molecule has 0 aromatic heterocycles. The van der Waals surface area contributed by atoms with E-state index >= 15 is 0 Å². The minimum atomic E-state index is -0.888. The Morgan fingerprint density at radius 1 is 1.12 bits per heavy atom. The molecule has 0 radical (unpaired) electrons. The van der Waals surface area contributed by atoms with Gasteiger partial charge in [0.15, 0.2) is 5.78 Å². The molecular weight excluding hydrogens is 326 g/mol. The maximum atomic E-state index is 13.6. The van der Waals surface area contributed by atoms with Crippen LogP contribution in [0.1, 0.15) is 55.3 Å². The number of amides is 1. The van der Waals surface area contributed by atoms with Crippen LogP contribution in [-0.2, 0) is 4.79 Å². The molecule has 2 unspecified atom stereocenters. The number of Topliss-reactive ketones (excluding diaryl/α,β-unsaturated/α-hetero) is 1. The topological polar surface area (TPSA) is 72.2 Å². The molecule has 2 aliphatic rings. The van der Waals surface area contributed by atoms with Crippen LogP contribution in [0.25, 0.3) is 0 Å². The summed E-state index contributed by atoms with van der Waals surface area (Å²) in [5.41, 5.74) is 5.91. The molecule has 3 rings (SSSR count). The molecule has 2 atom stereocenters. The maximum absolute atomic E-state index is 13.6. The van der Waals surface area contributed by atoms with Gasteiger partial charge >= 0.3 is 0 Å². The minimum Gasteiger partial charge on any atom is -0.353 e. The summed E-state index contributed by atoms with van der Waals surface area (Å²) in [5.74, 6) is -1.46. The van der Waals surface area contributed by atoms with E-state index in [1.807, 2.05) is 0 Å². The number of nitrogens with one attached hydrogen (secondary N) is 1. The molecule has 1 aromatic rings. The van der Waals surface area contributed by atoms with Crippen LogP contribution in [-0.4, -0.2) is 23.8 Å². The summed E-state index contributed by atoms with van der Waals surface area (Å²) in [6.45, 7) is 0. The lowest BCUT2D eigenvalue weighted by Gasteiger charge is -2.45. The van der Waals surface area contributed by atoms with Gasteiger partial charge in [0.1, 0.15) is 11.6 Å². The fraction of sp³-hybridized carbons (Fsp3) is 0.579. The molecule has 25 heavy (non-hydrogen) atoms. The first-order chi connectivity index (χ1) is 11.9. The fourth-order valence-corrected chi connectivity index (χ4v) is 4.36. The van der Waals surface area contributed by atoms with Gasteiger partial charge in [-0.05, 0) is 49.7 Å². The predicted molar refractivity (Wildman–Crippen MR) is 89.9 cm³/mol. The second-order valence-corrected chi connectivity index (χ2v) is 7.32. The van der Waals surface area contributed by atoms with E-state index in [9.17, 15) is 18.4 Å². The molecule has 3 N–H and O–H groups in total. The number of rotatable bonds is 5. The monoisotopic (exact) mass is 350 g/mol. The number of nitrogens with two attached hydrogens (primary N) is 1. The maximum Gasteiger partial charge on any atom is 0.220 e. The van der Waals surface area contributed by atoms with Crippen LogP contribution in [0.4, 0.5) is 8.78 Å². The average Bonchev–Trinajstić information content (AvgIpc) is 2.53. The highest BCUT2D eigenvalue weighted by Crippen LogP contribution is 2.39. The number of fused-ring (bicyclic) bond motifs is 2. The summed E-state index contributed by atoms with van der Waals surface area (Å²) in [6.07, 6.45) is 5.12. The zero-order chi connectivity index (χ0) is 18.0. The minimum absolute atomic E-state index is 0.0116. The summed E-state index contributed by atoms with van der Waals surface area (Å²) in [7, 11) is 0. The van der Waals surface area contributed by atoms with Gasteiger partial charge in [-0.1, -0.05) is 6.42 Å². The summed E-state index contributed by atoms with van der Waals surface area (Å²) < 4.78 is 26.5. The van der Waals surface area contributed by atoms with Gasteiger partial charge in [-0.2, -0.15) is 0 Å². The molecule has 4 nitrogen and oxygen atoms in total. The lowest BCUT2D eigenvalue weighted by Crippen LogP contribution is -2.53. The van der Waals surface area contributed by atoms with E-state index in [0.717, 1.165) is 37.8 Å². The lowest BCUT2D eigenvalue weighted by molar-refractivity contribution is -0.123. The number of hydrogen-bond donors (Lipinski definition) is 2. The second kappa shape index (κ2) is 7.60. The molecule has 0 saturated heterocycles. The van der Waals surface area contributed by atoms with E-state index < -0.39 is 17.4 Å². The van der Waals surface area contributed by atoms with Crippen molar-refractivity contribution in [2.45, 2.75) is 57.0 Å². The highest BCUT2D eigenvalue weighted by Gasteiger charge is 2.39. The van der Waals surface area contributed by atoms with Crippen molar-refractivity contribution < 1.29 is 18.4 Å². The van der Waals surface area contributed by atoms with E-state index in [2.05, 4.69) is 5.32 Å². The standard InChI is InChI=1S/C19H24F2N2O2/c20-13-4-5-15(16(21)10-13)17(24)6-7-18(25)23-19-11-2-1-3-12(19)9-14(22)8-11/h4-5,10-12,14,19H,1-3,6-9,22H2,(H,23,25). The van der Waals surface area contributed by atoms with E-state index in [0.29, 0.717) is 17.9 Å². The molecule has 0 aliphatic heterocycles. The number of benzene rings is 1. The molecule has 2 bridgehead atoms. The summed E-state index contributed by atoms with van der Waals surface area (Å²) >= 11 is 0. The van der Waals surface area contributed by atoms with Crippen molar-refractivity contribution in [1.29, 1.82) is 0 Å². The number of halogens is 2. The Morgan fingerprint density at radius 3 is 2.44 bits per heavy atom. The molecule has 2 aliphatic carbocycles. The fourth-order valence-electron chi connectivity index (χ4n) is 4.36. The van der Waals surface area contributed by atoms with Crippen LogP contribution in [0.3, 0.4) is 0 Å². The van der Waals surface area contributed by atoms with E-state index in [1.165, 1.54) is 6.42 Å². The summed E-state index contributed by atoms with van der Waals surface area (Å²) in [6, 6.07) is 3.20. The molecular formula is C19H24F2N2O2. The quantitative estimate of drug-likeness (QED) is 0.802. The average molecular weight is 350 g/mol. The SMILES string of the molecule is NC1CC2CCCC(C1)C2NC(=O)CCC(=O)c1ccc(F)cc1F. The van der Waals surface area contributed by atoms with Crippen molar-refractivity contribution in [3.05, 3.63) is 35.4 Å². The second-order valence-electron chi connectivity index (χ2n) is 7.32. The summed E-state index contributed by atoms with van der Waals surface area (Å²) in [5, 5.41) is 3.07. The smallest absolute Gasteiger partial charge is 0.220 e. The van der Waals surface area contributed by atoms with Crippen molar-refractivity contribution >= 4 is 11.7 Å². The Morgan fingerprint density at radius 2 is 1.80 bits per heavy atom. The third-order valence-electron chi connectivity index (χ3n) is 5.51. The Kier molecular flexibility index (Phi) is 5.47. The zero-order valence-corrected chi connectivity index (χ0v) is 14.1. The number of carbonyl (C=O) groups excluding carboxylic acids is 2. The predicted octanol–water partition coefficient (Wildman–Crippen LogP) is 2.95. The molecule has 1 amide bonds. The van der Waals surface area contributed by atoms with Gasteiger partial charge in [0, 0.05) is 31.0 Å². The Hall–Kier alpha value is -1.82. The number of carbonyl (C=O) groups is 2. The first-order valence-corrected chi connectivity index (χ1v) is 8.97. The molecule has 136 valence electrons. The van der Waals surface area contributed by atoms with Crippen LogP contribution >= 0.6 is 0 Å². The molecule has 2 saturated carbocycles. The molecule has 2 fully saturated rings. The third kappa shape index (κ3) is 4.24. The normalized spacial score (nSPS) is 28.4. The van der Waals surface area contributed by atoms with Gasteiger partial charge in [-0.15, -0.1) is 0 Å². The number of hydrogen-bond acceptors (Lipinski definition) is 3. The van der Waals surface area contributed by atoms with Crippen molar-refractivity contribution in [3.63, 3.8) is 0 Å².